The van der Waals surface area contributed by atoms with Gasteiger partial charge in [0.05, 0.1) is 12.3 Å². The number of hydrogen-bond acceptors (Lipinski definition) is 5. The summed E-state index contributed by atoms with van der Waals surface area (Å²) in [6.45, 7) is 2.29. The van der Waals surface area contributed by atoms with Gasteiger partial charge in [-0.1, -0.05) is 51.3 Å². The first-order chi connectivity index (χ1) is 17.3. The summed E-state index contributed by atoms with van der Waals surface area (Å²) in [6.07, 6.45) is 1.40. The second-order valence-electron chi connectivity index (χ2n) is 7.56. The van der Waals surface area contributed by atoms with Crippen molar-refractivity contribution in [1.82, 2.24) is 5.32 Å². The Morgan fingerprint density at radius 1 is 0.944 bits per heavy atom. The Bertz CT molecular complexity index is 1350. The van der Waals surface area contributed by atoms with Crippen LogP contribution >= 0.6 is 39.1 Å². The molecule has 10 heteroatoms. The Labute approximate surface area is 225 Å². The molecule has 0 saturated carbocycles. The average molecular weight is 590 g/mol. The molecule has 1 aliphatic rings. The van der Waals surface area contributed by atoms with Crippen LogP contribution in [0.2, 0.25) is 10.0 Å². The zero-order chi connectivity index (χ0) is 25.8. The van der Waals surface area contributed by atoms with Crippen molar-refractivity contribution in [3.63, 3.8) is 0 Å². The normalized spacial score (nSPS) is 14.7. The first-order valence-electron chi connectivity index (χ1n) is 10.8. The lowest BCUT2D eigenvalue weighted by molar-refractivity contribution is -0.122. The van der Waals surface area contributed by atoms with Crippen molar-refractivity contribution in [1.29, 1.82) is 0 Å². The van der Waals surface area contributed by atoms with Crippen molar-refractivity contribution >= 4 is 68.7 Å². The molecular weight excluding hydrogens is 571 g/mol. The predicted molar refractivity (Wildman–Crippen MR) is 142 cm³/mol. The lowest BCUT2D eigenvalue weighted by atomic mass is 10.1. The number of imide groups is 2. The standard InChI is InChI=1S/C26H19BrCl2N2O5/c1-2-35-23-13-15(6-11-22(23)36-14-19-20(28)4-3-5-21(19)29)12-18-24(32)30-26(34)31(25(18)33)17-9-7-16(27)8-10-17/h3-13H,2,14H2,1H3,(H,30,32,34). The molecule has 4 amide bonds. The number of amides is 4. The summed E-state index contributed by atoms with van der Waals surface area (Å²) in [6, 6.07) is 15.9. The predicted octanol–water partition coefficient (Wildman–Crippen LogP) is 6.40. The third-order valence-corrected chi connectivity index (χ3v) is 6.44. The fraction of sp³-hybridized carbons (Fsp3) is 0.115. The van der Waals surface area contributed by atoms with Crippen LogP contribution in [0.1, 0.15) is 18.1 Å². The van der Waals surface area contributed by atoms with Crippen LogP contribution in [0.15, 0.2) is 70.7 Å². The van der Waals surface area contributed by atoms with E-state index in [2.05, 4.69) is 21.2 Å². The number of carbonyl (C=O) groups is 3. The maximum Gasteiger partial charge on any atom is 0.335 e. The third-order valence-electron chi connectivity index (χ3n) is 5.20. The van der Waals surface area contributed by atoms with Crippen LogP contribution in [-0.2, 0) is 16.2 Å². The Kier molecular flexibility index (Phi) is 7.98. The highest BCUT2D eigenvalue weighted by Crippen LogP contribution is 2.33. The van der Waals surface area contributed by atoms with E-state index in [0.29, 0.717) is 45.0 Å². The van der Waals surface area contributed by atoms with Crippen LogP contribution in [0.3, 0.4) is 0 Å². The topological polar surface area (TPSA) is 84.9 Å². The molecule has 0 bridgehead atoms. The van der Waals surface area contributed by atoms with E-state index in [1.54, 1.807) is 60.7 Å². The van der Waals surface area contributed by atoms with E-state index < -0.39 is 17.8 Å². The van der Waals surface area contributed by atoms with Gasteiger partial charge in [-0.05, 0) is 67.1 Å². The maximum absolute atomic E-state index is 13.1. The van der Waals surface area contributed by atoms with Gasteiger partial charge in [0.25, 0.3) is 11.8 Å². The number of benzene rings is 3. The zero-order valence-electron chi connectivity index (χ0n) is 18.9. The fourth-order valence-electron chi connectivity index (χ4n) is 3.47. The number of carbonyl (C=O) groups excluding carboxylic acids is 3. The smallest absolute Gasteiger partial charge is 0.335 e. The number of ether oxygens (including phenoxy) is 2. The first-order valence-corrected chi connectivity index (χ1v) is 12.3. The van der Waals surface area contributed by atoms with Gasteiger partial charge in [0.1, 0.15) is 12.2 Å². The van der Waals surface area contributed by atoms with Crippen molar-refractivity contribution in [2.45, 2.75) is 13.5 Å². The summed E-state index contributed by atoms with van der Waals surface area (Å²) >= 11 is 15.8. The van der Waals surface area contributed by atoms with E-state index >= 15 is 0 Å². The summed E-state index contributed by atoms with van der Waals surface area (Å²) in [7, 11) is 0. The molecule has 184 valence electrons. The van der Waals surface area contributed by atoms with E-state index in [9.17, 15) is 14.4 Å². The summed E-state index contributed by atoms with van der Waals surface area (Å²) in [5.74, 6) is -0.691. The van der Waals surface area contributed by atoms with Gasteiger partial charge in [-0.25, -0.2) is 9.69 Å². The van der Waals surface area contributed by atoms with Crippen LogP contribution in [0.25, 0.3) is 6.08 Å². The lowest BCUT2D eigenvalue weighted by Gasteiger charge is -2.26. The van der Waals surface area contributed by atoms with Gasteiger partial charge in [0.15, 0.2) is 11.5 Å². The molecule has 3 aromatic rings. The SMILES string of the molecule is CCOc1cc(C=C2C(=O)NC(=O)N(c3ccc(Br)cc3)C2=O)ccc1OCc1c(Cl)cccc1Cl. The molecule has 0 aromatic heterocycles. The molecule has 36 heavy (non-hydrogen) atoms. The monoisotopic (exact) mass is 588 g/mol. The number of anilines is 1. The van der Waals surface area contributed by atoms with Crippen molar-refractivity contribution in [2.75, 3.05) is 11.5 Å². The van der Waals surface area contributed by atoms with E-state index in [1.807, 2.05) is 6.92 Å². The Morgan fingerprint density at radius 3 is 2.31 bits per heavy atom. The molecule has 1 fully saturated rings. The van der Waals surface area contributed by atoms with Crippen molar-refractivity contribution in [3.8, 4) is 11.5 Å². The molecule has 0 spiro atoms. The number of halogens is 3. The van der Waals surface area contributed by atoms with Crippen molar-refractivity contribution in [3.05, 3.63) is 91.9 Å². The van der Waals surface area contributed by atoms with Crippen molar-refractivity contribution in [2.24, 2.45) is 0 Å². The Morgan fingerprint density at radius 2 is 1.64 bits per heavy atom. The van der Waals surface area contributed by atoms with Gasteiger partial charge < -0.3 is 9.47 Å². The van der Waals surface area contributed by atoms with Gasteiger partial charge >= 0.3 is 6.03 Å². The quantitative estimate of drug-likeness (QED) is 0.255. The van der Waals surface area contributed by atoms with Crippen LogP contribution < -0.4 is 19.7 Å². The van der Waals surface area contributed by atoms with Crippen LogP contribution in [-0.4, -0.2) is 24.5 Å². The molecule has 0 unspecified atom stereocenters. The number of urea groups is 1. The summed E-state index contributed by atoms with van der Waals surface area (Å²) in [5, 5.41) is 3.17. The van der Waals surface area contributed by atoms with Gasteiger partial charge in [-0.15, -0.1) is 0 Å². The van der Waals surface area contributed by atoms with E-state index in [4.69, 9.17) is 32.7 Å². The van der Waals surface area contributed by atoms with Crippen LogP contribution in [0.5, 0.6) is 11.5 Å². The molecule has 0 aliphatic carbocycles. The molecule has 0 radical (unpaired) electrons. The van der Waals surface area contributed by atoms with E-state index in [1.165, 1.54) is 6.08 Å². The third kappa shape index (κ3) is 5.56. The fourth-order valence-corrected chi connectivity index (χ4v) is 4.24. The summed E-state index contributed by atoms with van der Waals surface area (Å²) in [5.41, 5.74) is 1.27. The number of rotatable bonds is 7. The van der Waals surface area contributed by atoms with Gasteiger partial charge in [0, 0.05) is 20.1 Å². The second-order valence-corrected chi connectivity index (χ2v) is 9.29. The summed E-state index contributed by atoms with van der Waals surface area (Å²) in [4.78, 5) is 38.9. The zero-order valence-corrected chi connectivity index (χ0v) is 22.0. The minimum Gasteiger partial charge on any atom is -0.490 e. The average Bonchev–Trinajstić information content (AvgIpc) is 2.84. The minimum absolute atomic E-state index is 0.115. The Balaban J connectivity index is 1.62. The maximum atomic E-state index is 13.1. The number of hydrogen-bond donors (Lipinski definition) is 1. The molecule has 4 rings (SSSR count). The molecule has 3 aromatic carbocycles. The molecular formula is C26H19BrCl2N2O5. The second kappa shape index (κ2) is 11.2. The lowest BCUT2D eigenvalue weighted by Crippen LogP contribution is -2.54. The Hall–Kier alpha value is -3.33. The van der Waals surface area contributed by atoms with Gasteiger partial charge in [-0.3, -0.25) is 14.9 Å². The number of nitrogens with one attached hydrogen (secondary N) is 1. The highest BCUT2D eigenvalue weighted by atomic mass is 79.9. The van der Waals surface area contributed by atoms with Crippen molar-refractivity contribution < 1.29 is 23.9 Å². The molecule has 7 nitrogen and oxygen atoms in total. The molecule has 0 atom stereocenters. The molecule has 1 heterocycles. The summed E-state index contributed by atoms with van der Waals surface area (Å²) < 4.78 is 12.4. The van der Waals surface area contributed by atoms with Gasteiger partial charge in [0.2, 0.25) is 0 Å². The highest BCUT2D eigenvalue weighted by Gasteiger charge is 2.36. The van der Waals surface area contributed by atoms with Crippen LogP contribution in [0.4, 0.5) is 10.5 Å². The number of nitrogens with zero attached hydrogens (tertiary/aromatic N) is 1. The highest BCUT2D eigenvalue weighted by molar-refractivity contribution is 9.10. The minimum atomic E-state index is -0.818. The molecule has 1 aliphatic heterocycles. The molecule has 1 N–H and O–H groups in total. The molecule has 1 saturated heterocycles. The first kappa shape index (κ1) is 25.8. The largest absolute Gasteiger partial charge is 0.490 e. The van der Waals surface area contributed by atoms with Gasteiger partial charge in [-0.2, -0.15) is 0 Å². The van der Waals surface area contributed by atoms with E-state index in [0.717, 1.165) is 9.37 Å². The van der Waals surface area contributed by atoms with Crippen LogP contribution in [0, 0.1) is 0 Å². The van der Waals surface area contributed by atoms with E-state index in [-0.39, 0.29) is 12.2 Å². The number of barbiturate groups is 1.